The average Bonchev–Trinajstić information content (AvgIpc) is 3.05. The van der Waals surface area contributed by atoms with Gasteiger partial charge in [0.25, 0.3) is 0 Å². The summed E-state index contributed by atoms with van der Waals surface area (Å²) < 4.78 is 53.3. The number of amides is 2. The molecule has 11 heteroatoms. The maximum absolute atomic E-state index is 13.1. The highest BCUT2D eigenvalue weighted by Crippen LogP contribution is 2.30. The second-order valence-corrected chi connectivity index (χ2v) is 6.05. The molecule has 0 spiro atoms. The standard InChI is InChI=1S/C17H12ClF4N5O/c18-10-2-1-3-13(4-10)27-14(6-15(26-27)17(20,21)22)9-24-16(28)25-12-5-11(19)7-23-8-12/h1-8H,9H2,(H2,24,25,28). The summed E-state index contributed by atoms with van der Waals surface area (Å²) in [6.45, 7) is -0.274. The van der Waals surface area contributed by atoms with Crippen LogP contribution in [0.5, 0.6) is 0 Å². The van der Waals surface area contributed by atoms with Crippen molar-refractivity contribution in [3.05, 3.63) is 71.0 Å². The molecule has 0 aliphatic rings. The molecule has 28 heavy (non-hydrogen) atoms. The van der Waals surface area contributed by atoms with Crippen molar-refractivity contribution < 1.29 is 22.4 Å². The van der Waals surface area contributed by atoms with Crippen molar-refractivity contribution in [3.8, 4) is 5.69 Å². The van der Waals surface area contributed by atoms with Crippen LogP contribution in [0.3, 0.4) is 0 Å². The summed E-state index contributed by atoms with van der Waals surface area (Å²) in [5, 5.41) is 8.61. The lowest BCUT2D eigenvalue weighted by Crippen LogP contribution is -2.29. The van der Waals surface area contributed by atoms with Crippen LogP contribution in [0.4, 0.5) is 28.0 Å². The van der Waals surface area contributed by atoms with Gasteiger partial charge in [0.15, 0.2) is 5.69 Å². The molecule has 1 aromatic carbocycles. The number of anilines is 1. The van der Waals surface area contributed by atoms with E-state index in [2.05, 4.69) is 20.7 Å². The van der Waals surface area contributed by atoms with E-state index < -0.39 is 23.7 Å². The Hall–Kier alpha value is -3.14. The van der Waals surface area contributed by atoms with Crippen LogP contribution in [-0.4, -0.2) is 20.8 Å². The molecule has 0 atom stereocenters. The van der Waals surface area contributed by atoms with Gasteiger partial charge in [-0.1, -0.05) is 17.7 Å². The summed E-state index contributed by atoms with van der Waals surface area (Å²) in [7, 11) is 0. The molecule has 0 aliphatic carbocycles. The number of pyridine rings is 1. The Bertz CT molecular complexity index is 1010. The molecule has 2 N–H and O–H groups in total. The first-order valence-electron chi connectivity index (χ1n) is 7.80. The van der Waals surface area contributed by atoms with Crippen LogP contribution in [0.25, 0.3) is 5.69 Å². The zero-order chi connectivity index (χ0) is 20.3. The van der Waals surface area contributed by atoms with Gasteiger partial charge in [0, 0.05) is 11.1 Å². The summed E-state index contributed by atoms with van der Waals surface area (Å²) in [5.74, 6) is -0.647. The second-order valence-electron chi connectivity index (χ2n) is 5.61. The quantitative estimate of drug-likeness (QED) is 0.623. The van der Waals surface area contributed by atoms with E-state index in [4.69, 9.17) is 11.6 Å². The average molecular weight is 414 g/mol. The van der Waals surface area contributed by atoms with Crippen LogP contribution in [0.1, 0.15) is 11.4 Å². The first-order chi connectivity index (χ1) is 13.2. The molecule has 3 aromatic rings. The van der Waals surface area contributed by atoms with Gasteiger partial charge in [0.05, 0.1) is 36.0 Å². The summed E-state index contributed by atoms with van der Waals surface area (Å²) in [6, 6.07) is 7.22. The Balaban J connectivity index is 1.80. The summed E-state index contributed by atoms with van der Waals surface area (Å²) in [6.07, 6.45) is -2.47. The van der Waals surface area contributed by atoms with Crippen LogP contribution < -0.4 is 10.6 Å². The van der Waals surface area contributed by atoms with Crippen molar-refractivity contribution in [2.45, 2.75) is 12.7 Å². The molecule has 0 saturated carbocycles. The minimum absolute atomic E-state index is 0.0714. The lowest BCUT2D eigenvalue weighted by molar-refractivity contribution is -0.141. The molecular weight excluding hydrogens is 402 g/mol. The Labute approximate surface area is 161 Å². The van der Waals surface area contributed by atoms with Crippen molar-refractivity contribution in [3.63, 3.8) is 0 Å². The number of halogens is 5. The van der Waals surface area contributed by atoms with Crippen molar-refractivity contribution >= 4 is 23.3 Å². The van der Waals surface area contributed by atoms with Gasteiger partial charge in [-0.3, -0.25) is 4.98 Å². The van der Waals surface area contributed by atoms with Crippen LogP contribution in [0.15, 0.2) is 48.8 Å². The molecule has 2 amide bonds. The second kappa shape index (κ2) is 7.85. The number of nitrogens with zero attached hydrogens (tertiary/aromatic N) is 3. The molecular formula is C17H12ClF4N5O. The molecule has 2 heterocycles. The van der Waals surface area contributed by atoms with Crippen molar-refractivity contribution in [2.24, 2.45) is 0 Å². The van der Waals surface area contributed by atoms with Gasteiger partial charge in [0.1, 0.15) is 5.82 Å². The fraction of sp³-hybridized carbons (Fsp3) is 0.118. The zero-order valence-corrected chi connectivity index (χ0v) is 14.7. The van der Waals surface area contributed by atoms with Crippen molar-refractivity contribution in [1.82, 2.24) is 20.1 Å². The Morgan fingerprint density at radius 3 is 2.64 bits per heavy atom. The van der Waals surface area contributed by atoms with Gasteiger partial charge >= 0.3 is 12.2 Å². The molecule has 2 aromatic heterocycles. The van der Waals surface area contributed by atoms with Gasteiger partial charge in [-0.05, 0) is 24.3 Å². The maximum atomic E-state index is 13.1. The van der Waals surface area contributed by atoms with Crippen LogP contribution >= 0.6 is 11.6 Å². The maximum Gasteiger partial charge on any atom is 0.435 e. The Morgan fingerprint density at radius 1 is 1.18 bits per heavy atom. The Kier molecular flexibility index (Phi) is 5.50. The lowest BCUT2D eigenvalue weighted by Gasteiger charge is -2.10. The molecule has 0 fully saturated rings. The predicted octanol–water partition coefficient (Wildman–Crippen LogP) is 4.40. The third-order valence-electron chi connectivity index (χ3n) is 3.52. The molecule has 0 aliphatic heterocycles. The van der Waals surface area contributed by atoms with E-state index in [1.54, 1.807) is 12.1 Å². The van der Waals surface area contributed by atoms with Crippen LogP contribution in [0, 0.1) is 5.82 Å². The van der Waals surface area contributed by atoms with Gasteiger partial charge in [0.2, 0.25) is 0 Å². The first kappa shape index (κ1) is 19.6. The first-order valence-corrected chi connectivity index (χ1v) is 8.17. The summed E-state index contributed by atoms with van der Waals surface area (Å²) in [4.78, 5) is 15.5. The van der Waals surface area contributed by atoms with E-state index >= 15 is 0 Å². The molecule has 146 valence electrons. The highest BCUT2D eigenvalue weighted by Gasteiger charge is 2.35. The monoisotopic (exact) mass is 413 g/mol. The third-order valence-corrected chi connectivity index (χ3v) is 3.75. The van der Waals surface area contributed by atoms with Crippen molar-refractivity contribution in [1.29, 1.82) is 0 Å². The third kappa shape index (κ3) is 4.77. The van der Waals surface area contributed by atoms with Gasteiger partial charge in [-0.25, -0.2) is 13.9 Å². The zero-order valence-electron chi connectivity index (χ0n) is 14.0. The van der Waals surface area contributed by atoms with E-state index in [1.807, 2.05) is 0 Å². The van der Waals surface area contributed by atoms with E-state index in [0.717, 1.165) is 23.0 Å². The predicted molar refractivity (Wildman–Crippen MR) is 93.6 cm³/mol. The number of rotatable bonds is 4. The molecule has 6 nitrogen and oxygen atoms in total. The SMILES string of the molecule is O=C(NCc1cc(C(F)(F)F)nn1-c1cccc(Cl)c1)Nc1cncc(F)c1. The number of urea groups is 1. The molecule has 0 bridgehead atoms. The number of hydrogen-bond acceptors (Lipinski definition) is 3. The number of nitrogens with one attached hydrogen (secondary N) is 2. The van der Waals surface area contributed by atoms with Gasteiger partial charge in [-0.2, -0.15) is 18.3 Å². The smallest absolute Gasteiger partial charge is 0.332 e. The minimum Gasteiger partial charge on any atom is -0.332 e. The van der Waals surface area contributed by atoms with E-state index in [-0.39, 0.29) is 17.9 Å². The van der Waals surface area contributed by atoms with Crippen LogP contribution in [-0.2, 0) is 12.7 Å². The largest absolute Gasteiger partial charge is 0.435 e. The number of aromatic nitrogens is 3. The number of hydrogen-bond donors (Lipinski definition) is 2. The number of alkyl halides is 3. The molecule has 0 unspecified atom stereocenters. The molecule has 0 radical (unpaired) electrons. The highest BCUT2D eigenvalue weighted by molar-refractivity contribution is 6.30. The van der Waals surface area contributed by atoms with Gasteiger partial charge < -0.3 is 10.6 Å². The van der Waals surface area contributed by atoms with E-state index in [1.165, 1.54) is 18.3 Å². The summed E-state index contributed by atoms with van der Waals surface area (Å²) in [5.41, 5.74) is -0.646. The number of carbonyl (C=O) groups is 1. The number of carbonyl (C=O) groups excluding carboxylic acids is 1. The minimum atomic E-state index is -4.66. The fourth-order valence-electron chi connectivity index (χ4n) is 2.34. The molecule has 3 rings (SSSR count). The normalized spacial score (nSPS) is 11.3. The summed E-state index contributed by atoms with van der Waals surface area (Å²) >= 11 is 5.89. The lowest BCUT2D eigenvalue weighted by atomic mass is 10.3. The van der Waals surface area contributed by atoms with Crippen molar-refractivity contribution in [2.75, 3.05) is 5.32 Å². The van der Waals surface area contributed by atoms with E-state index in [0.29, 0.717) is 10.7 Å². The fourth-order valence-corrected chi connectivity index (χ4v) is 2.53. The highest BCUT2D eigenvalue weighted by atomic mass is 35.5. The van der Waals surface area contributed by atoms with Gasteiger partial charge in [-0.15, -0.1) is 0 Å². The van der Waals surface area contributed by atoms with E-state index in [9.17, 15) is 22.4 Å². The topological polar surface area (TPSA) is 71.8 Å². The number of benzene rings is 1. The van der Waals surface area contributed by atoms with Crippen LogP contribution in [0.2, 0.25) is 5.02 Å². The molecule has 0 saturated heterocycles. The Morgan fingerprint density at radius 2 is 1.96 bits per heavy atom.